The van der Waals surface area contributed by atoms with Crippen LogP contribution in [-0.4, -0.2) is 130 Å². The zero-order valence-electron chi connectivity index (χ0n) is 58.1. The maximum atomic E-state index is 12.8. The first-order chi connectivity index (χ1) is 48.1. The Kier molecular flexibility index (Phi) is 22.5. The van der Waals surface area contributed by atoms with Gasteiger partial charge < -0.3 is 39.6 Å². The van der Waals surface area contributed by atoms with Gasteiger partial charge in [-0.15, -0.1) is 0 Å². The molecule has 12 aromatic rings. The highest BCUT2D eigenvalue weighted by molar-refractivity contribution is 5.89. The second-order valence-corrected chi connectivity index (χ2v) is 25.4. The summed E-state index contributed by atoms with van der Waals surface area (Å²) in [6.07, 6.45) is 10.9. The van der Waals surface area contributed by atoms with E-state index in [1.165, 1.54) is 0 Å². The van der Waals surface area contributed by atoms with E-state index in [2.05, 4.69) is 56.0 Å². The van der Waals surface area contributed by atoms with E-state index in [4.69, 9.17) is 39.0 Å². The molecule has 100 heavy (non-hydrogen) atoms. The highest BCUT2D eigenvalue weighted by atomic mass is 16.5. The van der Waals surface area contributed by atoms with Crippen molar-refractivity contribution in [2.75, 3.05) is 47.4 Å². The molecule has 4 N–H and O–H groups in total. The molecule has 3 amide bonds. The fraction of sp³-hybridized carbons (Fsp3) is 0.260. The van der Waals surface area contributed by atoms with Crippen molar-refractivity contribution >= 4 is 17.7 Å². The van der Waals surface area contributed by atoms with Crippen LogP contribution < -0.4 is 16.4 Å². The van der Waals surface area contributed by atoms with E-state index in [1.54, 1.807) is 63.3 Å². The Morgan fingerprint density at radius 3 is 1.10 bits per heavy atom. The molecule has 0 aliphatic carbocycles. The van der Waals surface area contributed by atoms with Gasteiger partial charge in [0.1, 0.15) is 34.2 Å². The van der Waals surface area contributed by atoms with E-state index in [-0.39, 0.29) is 26.3 Å². The number of aromatic nitrogens is 12. The Morgan fingerprint density at radius 1 is 0.450 bits per heavy atom. The van der Waals surface area contributed by atoms with E-state index in [0.717, 1.165) is 74.0 Å². The van der Waals surface area contributed by atoms with Gasteiger partial charge in [-0.05, 0) is 112 Å². The summed E-state index contributed by atoms with van der Waals surface area (Å²) in [6.45, 7) is 18.7. The lowest BCUT2D eigenvalue weighted by atomic mass is 9.86. The number of pyridine rings is 3. The zero-order chi connectivity index (χ0) is 71.1. The normalized spacial score (nSPS) is 11.4. The molecule has 23 nitrogen and oxygen atoms in total. The monoisotopic (exact) mass is 1350 g/mol. The first-order valence-corrected chi connectivity index (χ1v) is 32.5. The summed E-state index contributed by atoms with van der Waals surface area (Å²) in [7, 11) is 5.08. The number of rotatable bonds is 21. The van der Waals surface area contributed by atoms with Crippen molar-refractivity contribution in [1.82, 2.24) is 75.9 Å². The number of ether oxygens (including phenoxy) is 1. The number of aryl methyl sites for hydroxylation is 3. The number of carbonyl (C=O) groups excluding carboxylic acids is 3. The number of nitrogens with zero attached hydrogens (tertiary/aromatic N) is 13. The largest absolute Gasteiger partial charge is 0.383 e. The Bertz CT molecular complexity index is 4610. The molecule has 9 heterocycles. The molecule has 23 heteroatoms. The van der Waals surface area contributed by atoms with E-state index in [9.17, 15) is 14.4 Å². The molecule has 3 aromatic carbocycles. The van der Waals surface area contributed by atoms with Gasteiger partial charge in [0, 0.05) is 113 Å². The average Bonchev–Trinajstić information content (AvgIpc) is 0.827. The van der Waals surface area contributed by atoms with Crippen molar-refractivity contribution in [1.29, 1.82) is 0 Å². The fourth-order valence-electron chi connectivity index (χ4n) is 10.6. The first-order valence-electron chi connectivity index (χ1n) is 32.5. The quantitative estimate of drug-likeness (QED) is 0.0563. The molecule has 0 radical (unpaired) electrons. The second-order valence-electron chi connectivity index (χ2n) is 25.4. The van der Waals surface area contributed by atoms with Crippen molar-refractivity contribution in [2.24, 2.45) is 5.73 Å². The van der Waals surface area contributed by atoms with E-state index in [0.29, 0.717) is 94.8 Å². The third-order valence-electron chi connectivity index (χ3n) is 16.7. The second kappa shape index (κ2) is 31.7. The van der Waals surface area contributed by atoms with Gasteiger partial charge in [-0.25, -0.2) is 15.0 Å². The molecule has 522 valence electrons. The lowest BCUT2D eigenvalue weighted by molar-refractivity contribution is -0.133. The third kappa shape index (κ3) is 16.6. The van der Waals surface area contributed by atoms with E-state index in [1.807, 2.05) is 208 Å². The molecule has 0 unspecified atom stereocenters. The first kappa shape index (κ1) is 71.1. The SMILES string of the molecule is COCCNC(=O)C(C)(C)c1cc(-c2cnc(C)c(-c3cc(-c4ccccc4)no3)n2)ccn1.Cc1ncc(-c2ccnc(C(C)(C)C(=O)N(C)C)c2)nc1-c1cc(-c2ccccc2)no1.Cc1ncc(-c2ccnc(C(C)(C)C(=O)NCCCN)c2)nc1-c1cc(-c2ccccc2)no1.[HH].[HH].[HH].[HH].[HH].[HH]. The van der Waals surface area contributed by atoms with Crippen LogP contribution in [0.25, 0.3) is 102 Å². The molecule has 0 aliphatic rings. The summed E-state index contributed by atoms with van der Waals surface area (Å²) in [6, 6.07) is 46.2. The molecule has 12 rings (SSSR count). The minimum atomic E-state index is -0.833. The van der Waals surface area contributed by atoms with Crippen LogP contribution >= 0.6 is 0 Å². The predicted molar refractivity (Wildman–Crippen MR) is 395 cm³/mol. The number of nitrogens with one attached hydrogen (secondary N) is 2. The topological polar surface area (TPSA) is 308 Å². The molecular formula is C77H92N16O7. The van der Waals surface area contributed by atoms with Crippen molar-refractivity contribution in [3.8, 4) is 102 Å². The van der Waals surface area contributed by atoms with Crippen molar-refractivity contribution in [3.05, 3.63) is 217 Å². The molecule has 9 aromatic heterocycles. The van der Waals surface area contributed by atoms with Gasteiger partial charge in [0.2, 0.25) is 17.7 Å². The Labute approximate surface area is 589 Å². The fourth-order valence-corrected chi connectivity index (χ4v) is 10.6. The van der Waals surface area contributed by atoms with Gasteiger partial charge in [-0.1, -0.05) is 106 Å². The molecule has 0 spiro atoms. The minimum absolute atomic E-state index is 0. The van der Waals surface area contributed by atoms with Crippen molar-refractivity contribution in [3.63, 3.8) is 0 Å². The molecule has 0 saturated heterocycles. The van der Waals surface area contributed by atoms with Gasteiger partial charge in [0.25, 0.3) is 0 Å². The zero-order valence-corrected chi connectivity index (χ0v) is 58.1. The van der Waals surface area contributed by atoms with Gasteiger partial charge in [-0.2, -0.15) is 0 Å². The van der Waals surface area contributed by atoms with Gasteiger partial charge in [-0.3, -0.25) is 44.3 Å². The number of likely N-dealkylation sites (N-methyl/N-ethyl adjacent to an activating group) is 1. The maximum absolute atomic E-state index is 12.8. The summed E-state index contributed by atoms with van der Waals surface area (Å²) in [5, 5.41) is 18.4. The van der Waals surface area contributed by atoms with Crippen LogP contribution in [0.15, 0.2) is 196 Å². The number of hydrogen-bond donors (Lipinski definition) is 3. The van der Waals surface area contributed by atoms with Crippen LogP contribution in [0, 0.1) is 20.8 Å². The summed E-state index contributed by atoms with van der Waals surface area (Å²) in [4.78, 5) is 81.1. The minimum Gasteiger partial charge on any atom is -0.383 e. The molecular weight excluding hydrogens is 1260 g/mol. The van der Waals surface area contributed by atoms with Crippen LogP contribution in [0.3, 0.4) is 0 Å². The van der Waals surface area contributed by atoms with Crippen LogP contribution in [-0.2, 0) is 35.4 Å². The molecule has 0 atom stereocenters. The van der Waals surface area contributed by atoms with Crippen LogP contribution in [0.4, 0.5) is 0 Å². The number of methoxy groups -OCH3 is 1. The number of benzene rings is 3. The van der Waals surface area contributed by atoms with Crippen molar-refractivity contribution < 1.29 is 41.2 Å². The Balaban J connectivity index is 0.000000327. The summed E-state index contributed by atoms with van der Waals surface area (Å²) < 4.78 is 21.8. The molecule has 0 aliphatic heterocycles. The smallest absolute Gasteiger partial charge is 0.233 e. The number of hydrogen-bond acceptors (Lipinski definition) is 20. The van der Waals surface area contributed by atoms with E-state index < -0.39 is 16.2 Å². The van der Waals surface area contributed by atoms with Crippen LogP contribution in [0.1, 0.15) is 90.7 Å². The lowest BCUT2D eigenvalue weighted by Gasteiger charge is -2.26. The summed E-state index contributed by atoms with van der Waals surface area (Å²) in [5.74, 6) is 1.38. The third-order valence-corrected chi connectivity index (χ3v) is 16.7. The highest BCUT2D eigenvalue weighted by Crippen LogP contribution is 2.35. The van der Waals surface area contributed by atoms with Crippen LogP contribution in [0.5, 0.6) is 0 Å². The number of amides is 3. The van der Waals surface area contributed by atoms with Gasteiger partial charge >= 0.3 is 0 Å². The molecule has 0 fully saturated rings. The number of nitrogens with two attached hydrogens (primary N) is 1. The Morgan fingerprint density at radius 2 is 0.780 bits per heavy atom. The average molecular weight is 1350 g/mol. The maximum Gasteiger partial charge on any atom is 0.233 e. The summed E-state index contributed by atoms with van der Waals surface area (Å²) >= 11 is 0. The summed E-state index contributed by atoms with van der Waals surface area (Å²) in [5.41, 5.74) is 18.6. The standard InChI is InChI=1S/C26H28N6O2.C26H27N5O3.C25H25N5O2.6H2/c1-17-24(22-15-20(32-34-22)18-8-5-4-6-9-18)31-21(16-30-17)19-10-13-28-23(14-19)26(2,3)25(33)29-12-7-11-27;1-17-24(22-15-20(31-34-22)18-8-6-5-7-9-18)30-21(16-29-17)19-10-11-27-23(14-19)26(2,3)25(32)28-12-13-33-4;1-16-23(21-14-19(29-32-21)17-9-7-6-8-10-17)28-20(15-27-16)18-11-12-26-22(13-18)25(2,3)24(31)30(4)5;;;;;;/h4-6,8-10,13-16H,7,11-12,27H2,1-3H3,(H,29,33);5-11,14-16H,12-13H2,1-4H3,(H,28,32);6-15H,1-5H3;6*1H. The van der Waals surface area contributed by atoms with E-state index >= 15 is 0 Å². The van der Waals surface area contributed by atoms with Crippen molar-refractivity contribution in [2.45, 2.75) is 85.0 Å². The number of carbonyl (C=O) groups is 3. The van der Waals surface area contributed by atoms with Gasteiger partial charge in [0.05, 0.1) is 92.7 Å². The molecule has 0 saturated carbocycles. The highest BCUT2D eigenvalue weighted by Gasteiger charge is 2.35. The van der Waals surface area contributed by atoms with Gasteiger partial charge in [0.15, 0.2) is 17.3 Å². The lowest BCUT2D eigenvalue weighted by Crippen LogP contribution is -2.41. The Hall–Kier alpha value is -11.7. The molecule has 0 bridgehead atoms. The van der Waals surface area contributed by atoms with Crippen LogP contribution in [0.2, 0.25) is 0 Å². The predicted octanol–water partition coefficient (Wildman–Crippen LogP) is 14.1.